The van der Waals surface area contributed by atoms with Crippen LogP contribution in [0, 0.1) is 5.92 Å². The van der Waals surface area contributed by atoms with Gasteiger partial charge in [0.05, 0.1) is 0 Å². The topological polar surface area (TPSA) is 72.8 Å². The molecule has 0 radical (unpaired) electrons. The zero-order valence-electron chi connectivity index (χ0n) is 10.6. The molecule has 100 valence electrons. The van der Waals surface area contributed by atoms with Gasteiger partial charge in [0.25, 0.3) is 0 Å². The molecule has 0 saturated carbocycles. The van der Waals surface area contributed by atoms with E-state index in [4.69, 9.17) is 10.2 Å². The smallest absolute Gasteiger partial charge is 0.219 e. The van der Waals surface area contributed by atoms with Crippen LogP contribution >= 0.6 is 0 Å². The van der Waals surface area contributed by atoms with Crippen LogP contribution in [0.2, 0.25) is 0 Å². The van der Waals surface area contributed by atoms with Crippen LogP contribution in [-0.4, -0.2) is 59.9 Å². The van der Waals surface area contributed by atoms with E-state index >= 15 is 0 Å². The van der Waals surface area contributed by atoms with Crippen molar-refractivity contribution in [2.24, 2.45) is 5.92 Å². The Bertz CT molecular complexity index is 236. The molecule has 0 aliphatic carbocycles. The first-order valence-corrected chi connectivity index (χ1v) is 6.38. The minimum atomic E-state index is 0.0987. The van der Waals surface area contributed by atoms with Gasteiger partial charge in [-0.15, -0.1) is 0 Å². The van der Waals surface area contributed by atoms with Gasteiger partial charge >= 0.3 is 0 Å². The zero-order chi connectivity index (χ0) is 12.7. The molecule has 5 nitrogen and oxygen atoms in total. The van der Waals surface area contributed by atoms with E-state index in [2.05, 4.69) is 5.32 Å². The summed E-state index contributed by atoms with van der Waals surface area (Å²) in [4.78, 5) is 13.3. The minimum Gasteiger partial charge on any atom is -0.396 e. The van der Waals surface area contributed by atoms with Crippen LogP contribution in [0.1, 0.15) is 26.2 Å². The monoisotopic (exact) mass is 244 g/mol. The Morgan fingerprint density at radius 1 is 1.35 bits per heavy atom. The van der Waals surface area contributed by atoms with Gasteiger partial charge in [-0.2, -0.15) is 0 Å². The van der Waals surface area contributed by atoms with Crippen LogP contribution in [0.25, 0.3) is 0 Å². The highest BCUT2D eigenvalue weighted by Crippen LogP contribution is 2.19. The van der Waals surface area contributed by atoms with E-state index in [9.17, 15) is 4.79 Å². The molecule has 17 heavy (non-hydrogen) atoms. The second-order valence-corrected chi connectivity index (χ2v) is 4.77. The van der Waals surface area contributed by atoms with E-state index in [-0.39, 0.29) is 25.2 Å². The number of hydrogen-bond donors (Lipinski definition) is 3. The molecule has 1 saturated heterocycles. The summed E-state index contributed by atoms with van der Waals surface area (Å²) in [6, 6.07) is 0.288. The van der Waals surface area contributed by atoms with Crippen molar-refractivity contribution >= 4 is 5.91 Å². The predicted octanol–water partition coefficient (Wildman–Crippen LogP) is -0.422. The first-order valence-electron chi connectivity index (χ1n) is 6.38. The standard InChI is InChI=1S/C12H24N2O3/c1-10(17)14-8-11(3-6-16)7-12(9-14)13-4-2-5-15/h11-13,15-16H,2-9H2,1H3. The number of rotatable bonds is 6. The van der Waals surface area contributed by atoms with Crippen LogP contribution in [-0.2, 0) is 4.79 Å². The molecule has 0 aromatic heterocycles. The Morgan fingerprint density at radius 3 is 2.71 bits per heavy atom. The predicted molar refractivity (Wildman–Crippen MR) is 65.6 cm³/mol. The van der Waals surface area contributed by atoms with Gasteiger partial charge in [-0.25, -0.2) is 0 Å². The van der Waals surface area contributed by atoms with E-state index in [1.165, 1.54) is 0 Å². The Labute approximate surface area is 103 Å². The van der Waals surface area contributed by atoms with Crippen LogP contribution < -0.4 is 5.32 Å². The molecule has 3 N–H and O–H groups in total. The molecule has 2 atom stereocenters. The number of nitrogens with zero attached hydrogens (tertiary/aromatic N) is 1. The van der Waals surface area contributed by atoms with Gasteiger partial charge < -0.3 is 20.4 Å². The highest BCUT2D eigenvalue weighted by atomic mass is 16.3. The molecule has 1 fully saturated rings. The maximum absolute atomic E-state index is 11.4. The van der Waals surface area contributed by atoms with Crippen LogP contribution in [0.5, 0.6) is 0 Å². The molecule has 1 aliphatic rings. The second kappa shape index (κ2) is 7.63. The first kappa shape index (κ1) is 14.4. The summed E-state index contributed by atoms with van der Waals surface area (Å²) in [7, 11) is 0. The fourth-order valence-electron chi connectivity index (χ4n) is 2.39. The highest BCUT2D eigenvalue weighted by Gasteiger charge is 2.27. The largest absolute Gasteiger partial charge is 0.396 e. The normalized spacial score (nSPS) is 25.0. The molecule has 1 rings (SSSR count). The van der Waals surface area contributed by atoms with Crippen molar-refractivity contribution < 1.29 is 15.0 Å². The zero-order valence-corrected chi connectivity index (χ0v) is 10.6. The summed E-state index contributed by atoms with van der Waals surface area (Å²) in [5.74, 6) is 0.478. The number of hydrogen-bond acceptors (Lipinski definition) is 4. The lowest BCUT2D eigenvalue weighted by Crippen LogP contribution is -2.51. The summed E-state index contributed by atoms with van der Waals surface area (Å²) in [5, 5.41) is 21.1. The number of carbonyl (C=O) groups is 1. The number of carbonyl (C=O) groups excluding carboxylic acids is 1. The van der Waals surface area contributed by atoms with Gasteiger partial charge in [0.1, 0.15) is 0 Å². The SMILES string of the molecule is CC(=O)N1CC(CCO)CC(NCCCO)C1. The van der Waals surface area contributed by atoms with Crippen molar-refractivity contribution in [2.75, 3.05) is 32.8 Å². The van der Waals surface area contributed by atoms with Crippen molar-refractivity contribution in [1.82, 2.24) is 10.2 Å². The second-order valence-electron chi connectivity index (χ2n) is 4.77. The maximum atomic E-state index is 11.4. The van der Waals surface area contributed by atoms with Gasteiger partial charge in [-0.3, -0.25) is 4.79 Å². The van der Waals surface area contributed by atoms with Gasteiger partial charge in [-0.05, 0) is 31.7 Å². The fourth-order valence-corrected chi connectivity index (χ4v) is 2.39. The molecular weight excluding hydrogens is 220 g/mol. The molecule has 0 spiro atoms. The average molecular weight is 244 g/mol. The fraction of sp³-hybridized carbons (Fsp3) is 0.917. The Hall–Kier alpha value is -0.650. The summed E-state index contributed by atoms with van der Waals surface area (Å²) in [6.45, 7) is 4.23. The van der Waals surface area contributed by atoms with Gasteiger partial charge in [-0.1, -0.05) is 0 Å². The lowest BCUT2D eigenvalue weighted by Gasteiger charge is -2.37. The number of amides is 1. The third-order valence-corrected chi connectivity index (χ3v) is 3.29. The van der Waals surface area contributed by atoms with Crippen molar-refractivity contribution in [1.29, 1.82) is 0 Å². The number of nitrogens with one attached hydrogen (secondary N) is 1. The van der Waals surface area contributed by atoms with Crippen LogP contribution in [0.4, 0.5) is 0 Å². The van der Waals surface area contributed by atoms with Crippen molar-refractivity contribution in [3.8, 4) is 0 Å². The van der Waals surface area contributed by atoms with Crippen LogP contribution in [0.15, 0.2) is 0 Å². The van der Waals surface area contributed by atoms with E-state index in [0.29, 0.717) is 5.92 Å². The summed E-state index contributed by atoms with van der Waals surface area (Å²) < 4.78 is 0. The van der Waals surface area contributed by atoms with Gasteiger partial charge in [0.15, 0.2) is 0 Å². The lowest BCUT2D eigenvalue weighted by atomic mass is 9.91. The number of piperidine rings is 1. The highest BCUT2D eigenvalue weighted by molar-refractivity contribution is 5.73. The molecule has 1 heterocycles. The third kappa shape index (κ3) is 5.02. The first-order chi connectivity index (χ1) is 8.17. The average Bonchev–Trinajstić information content (AvgIpc) is 2.29. The molecule has 2 unspecified atom stereocenters. The number of aliphatic hydroxyl groups is 2. The molecule has 5 heteroatoms. The van der Waals surface area contributed by atoms with Crippen molar-refractivity contribution in [2.45, 2.75) is 32.2 Å². The quantitative estimate of drug-likeness (QED) is 0.555. The van der Waals surface area contributed by atoms with E-state index in [1.807, 2.05) is 4.90 Å². The van der Waals surface area contributed by atoms with Crippen molar-refractivity contribution in [3.63, 3.8) is 0 Å². The molecule has 0 bridgehead atoms. The van der Waals surface area contributed by atoms with Gasteiger partial charge in [0.2, 0.25) is 5.91 Å². The summed E-state index contributed by atoms with van der Waals surface area (Å²) >= 11 is 0. The van der Waals surface area contributed by atoms with E-state index in [1.54, 1.807) is 6.92 Å². The summed E-state index contributed by atoms with van der Waals surface area (Å²) in [5.41, 5.74) is 0. The maximum Gasteiger partial charge on any atom is 0.219 e. The molecule has 0 aromatic carbocycles. The molecule has 0 aromatic rings. The van der Waals surface area contributed by atoms with E-state index < -0.39 is 0 Å². The van der Waals surface area contributed by atoms with Crippen molar-refractivity contribution in [3.05, 3.63) is 0 Å². The lowest BCUT2D eigenvalue weighted by molar-refractivity contribution is -0.131. The van der Waals surface area contributed by atoms with Crippen LogP contribution in [0.3, 0.4) is 0 Å². The molecule has 1 aliphatic heterocycles. The van der Waals surface area contributed by atoms with E-state index in [0.717, 1.165) is 38.9 Å². The number of aliphatic hydroxyl groups excluding tert-OH is 2. The molecule has 1 amide bonds. The Kier molecular flexibility index (Phi) is 6.47. The molecular formula is C12H24N2O3. The number of likely N-dealkylation sites (tertiary alicyclic amines) is 1. The minimum absolute atomic E-state index is 0.0987. The summed E-state index contributed by atoms with van der Waals surface area (Å²) in [6.07, 6.45) is 2.49. The Balaban J connectivity index is 2.43. The Morgan fingerprint density at radius 2 is 2.12 bits per heavy atom. The van der Waals surface area contributed by atoms with Gasteiger partial charge in [0, 0.05) is 39.3 Å². The third-order valence-electron chi connectivity index (χ3n) is 3.29.